The van der Waals surface area contributed by atoms with Crippen LogP contribution in [0.1, 0.15) is 0 Å². The van der Waals surface area contributed by atoms with Crippen molar-refractivity contribution in [3.8, 4) is 5.95 Å². The Bertz CT molecular complexity index is 535. The molecule has 0 spiro atoms. The second-order valence-corrected chi connectivity index (χ2v) is 3.28. The molecule has 0 saturated carbocycles. The fourth-order valence-electron chi connectivity index (χ4n) is 1.10. The molecule has 0 fully saturated rings. The van der Waals surface area contributed by atoms with Crippen LogP contribution in [0, 0.1) is 0 Å². The fraction of sp³-hybridized carbons (Fsp3) is 0. The molecule has 0 aromatic carbocycles. The molecular formula is C9H7ClN4O. The van der Waals surface area contributed by atoms with Crippen LogP contribution < -0.4 is 11.3 Å². The zero-order chi connectivity index (χ0) is 10.8. The lowest BCUT2D eigenvalue weighted by Crippen LogP contribution is -2.21. The molecule has 2 aromatic rings. The Morgan fingerprint density at radius 3 is 2.67 bits per heavy atom. The van der Waals surface area contributed by atoms with Crippen LogP contribution in [-0.2, 0) is 0 Å². The minimum Gasteiger partial charge on any atom is -0.394 e. The van der Waals surface area contributed by atoms with Crippen molar-refractivity contribution in [2.75, 3.05) is 5.73 Å². The zero-order valence-corrected chi connectivity index (χ0v) is 8.35. The Kier molecular flexibility index (Phi) is 2.39. The van der Waals surface area contributed by atoms with Gasteiger partial charge in [0.2, 0.25) is 5.95 Å². The summed E-state index contributed by atoms with van der Waals surface area (Å²) in [5.74, 6) is 0.247. The highest BCUT2D eigenvalue weighted by atomic mass is 35.5. The maximum absolute atomic E-state index is 11.6. The number of pyridine rings is 1. The number of anilines is 1. The maximum atomic E-state index is 11.6. The third-order valence-corrected chi connectivity index (χ3v) is 1.99. The highest BCUT2D eigenvalue weighted by Gasteiger charge is 2.03. The van der Waals surface area contributed by atoms with Gasteiger partial charge in [0.05, 0.1) is 23.1 Å². The highest BCUT2D eigenvalue weighted by Crippen LogP contribution is 2.05. The fourth-order valence-corrected chi connectivity index (χ4v) is 1.20. The van der Waals surface area contributed by atoms with E-state index < -0.39 is 0 Å². The summed E-state index contributed by atoms with van der Waals surface area (Å²) < 4.78 is 1.26. The van der Waals surface area contributed by atoms with Gasteiger partial charge in [0.1, 0.15) is 0 Å². The van der Waals surface area contributed by atoms with Crippen molar-refractivity contribution < 1.29 is 0 Å². The summed E-state index contributed by atoms with van der Waals surface area (Å²) in [7, 11) is 0. The van der Waals surface area contributed by atoms with Crippen molar-refractivity contribution in [1.82, 2.24) is 14.5 Å². The van der Waals surface area contributed by atoms with Crippen molar-refractivity contribution in [3.63, 3.8) is 0 Å². The van der Waals surface area contributed by atoms with E-state index in [0.29, 0.717) is 5.02 Å². The molecule has 0 bridgehead atoms. The van der Waals surface area contributed by atoms with Crippen molar-refractivity contribution in [3.05, 3.63) is 46.1 Å². The third kappa shape index (κ3) is 1.82. The molecular weight excluding hydrogens is 216 g/mol. The van der Waals surface area contributed by atoms with Crippen LogP contribution in [0.3, 0.4) is 0 Å². The number of rotatable bonds is 1. The molecule has 0 aliphatic carbocycles. The number of nitrogens with two attached hydrogens (primary N) is 1. The first-order valence-electron chi connectivity index (χ1n) is 4.13. The van der Waals surface area contributed by atoms with E-state index in [2.05, 4.69) is 9.97 Å². The normalized spacial score (nSPS) is 10.2. The van der Waals surface area contributed by atoms with Gasteiger partial charge in [-0.05, 0) is 12.1 Å². The molecule has 2 rings (SSSR count). The zero-order valence-electron chi connectivity index (χ0n) is 7.59. The average molecular weight is 223 g/mol. The molecule has 0 aliphatic heterocycles. The van der Waals surface area contributed by atoms with Crippen LogP contribution in [0.4, 0.5) is 5.69 Å². The predicted molar refractivity (Wildman–Crippen MR) is 57.1 cm³/mol. The van der Waals surface area contributed by atoms with Crippen molar-refractivity contribution in [1.29, 1.82) is 0 Å². The molecule has 2 aromatic heterocycles. The largest absolute Gasteiger partial charge is 0.394 e. The van der Waals surface area contributed by atoms with Crippen molar-refractivity contribution >= 4 is 17.3 Å². The molecule has 0 atom stereocenters. The van der Waals surface area contributed by atoms with Gasteiger partial charge in [0.15, 0.2) is 0 Å². The van der Waals surface area contributed by atoms with Gasteiger partial charge >= 0.3 is 0 Å². The summed E-state index contributed by atoms with van der Waals surface area (Å²) in [6.45, 7) is 0. The van der Waals surface area contributed by atoms with Gasteiger partial charge in [-0.25, -0.2) is 9.97 Å². The Morgan fingerprint density at radius 1 is 1.33 bits per heavy atom. The van der Waals surface area contributed by atoms with Crippen LogP contribution in [0.15, 0.2) is 35.5 Å². The third-order valence-electron chi connectivity index (χ3n) is 1.80. The van der Waals surface area contributed by atoms with Gasteiger partial charge < -0.3 is 5.73 Å². The molecule has 2 N–H and O–H groups in total. The molecule has 0 aliphatic rings. The standard InChI is InChI=1S/C9H7ClN4O/c10-6-4-12-9(13-5-6)14-3-1-2-7(11)8(14)15/h1-5H,11H2. The monoisotopic (exact) mass is 222 g/mol. The van der Waals surface area contributed by atoms with Crippen LogP contribution in [0.5, 0.6) is 0 Å². The summed E-state index contributed by atoms with van der Waals surface area (Å²) in [5, 5.41) is 0.413. The second-order valence-electron chi connectivity index (χ2n) is 2.84. The van der Waals surface area contributed by atoms with Crippen LogP contribution >= 0.6 is 11.6 Å². The number of halogens is 1. The van der Waals surface area contributed by atoms with E-state index >= 15 is 0 Å². The summed E-state index contributed by atoms with van der Waals surface area (Å²) >= 11 is 5.63. The van der Waals surface area contributed by atoms with E-state index in [1.165, 1.54) is 23.0 Å². The molecule has 5 nitrogen and oxygen atoms in total. The number of nitrogens with zero attached hydrogens (tertiary/aromatic N) is 3. The van der Waals surface area contributed by atoms with Crippen molar-refractivity contribution in [2.24, 2.45) is 0 Å². The van der Waals surface area contributed by atoms with Gasteiger partial charge in [-0.2, -0.15) is 0 Å². The summed E-state index contributed by atoms with van der Waals surface area (Å²) in [6, 6.07) is 3.17. The van der Waals surface area contributed by atoms with E-state index in [1.54, 1.807) is 12.3 Å². The Labute approximate surface area is 90.2 Å². The quantitative estimate of drug-likeness (QED) is 0.777. The van der Waals surface area contributed by atoms with E-state index in [4.69, 9.17) is 17.3 Å². The predicted octanol–water partition coefficient (Wildman–Crippen LogP) is 0.863. The topological polar surface area (TPSA) is 73.8 Å². The number of aromatic nitrogens is 3. The number of hydrogen-bond acceptors (Lipinski definition) is 4. The van der Waals surface area contributed by atoms with Gasteiger partial charge in [-0.3, -0.25) is 9.36 Å². The first kappa shape index (κ1) is 9.67. The molecule has 0 amide bonds. The molecule has 6 heteroatoms. The van der Waals surface area contributed by atoms with Gasteiger partial charge in [0.25, 0.3) is 5.56 Å². The lowest BCUT2D eigenvalue weighted by Gasteiger charge is -2.03. The van der Waals surface area contributed by atoms with Crippen molar-refractivity contribution in [2.45, 2.75) is 0 Å². The van der Waals surface area contributed by atoms with Gasteiger partial charge in [-0.15, -0.1) is 0 Å². The van der Waals surface area contributed by atoms with Crippen LogP contribution in [0.2, 0.25) is 5.02 Å². The lowest BCUT2D eigenvalue weighted by atomic mass is 10.4. The number of hydrogen-bond donors (Lipinski definition) is 1. The smallest absolute Gasteiger partial charge is 0.280 e. The summed E-state index contributed by atoms with van der Waals surface area (Å²) in [5.41, 5.74) is 5.27. The second kappa shape index (κ2) is 3.70. The Balaban J connectivity index is 2.59. The van der Waals surface area contributed by atoms with Gasteiger partial charge in [-0.1, -0.05) is 11.6 Å². The molecule has 2 heterocycles. The Morgan fingerprint density at radius 2 is 2.00 bits per heavy atom. The summed E-state index contributed by atoms with van der Waals surface area (Å²) in [6.07, 6.45) is 4.38. The van der Waals surface area contributed by atoms with Gasteiger partial charge in [0, 0.05) is 6.20 Å². The molecule has 0 saturated heterocycles. The average Bonchev–Trinajstić information content (AvgIpc) is 2.24. The van der Waals surface area contributed by atoms with E-state index in [-0.39, 0.29) is 17.2 Å². The van der Waals surface area contributed by atoms with Crippen LogP contribution in [0.25, 0.3) is 5.95 Å². The van der Waals surface area contributed by atoms with E-state index in [1.807, 2.05) is 0 Å². The van der Waals surface area contributed by atoms with E-state index in [0.717, 1.165) is 0 Å². The van der Waals surface area contributed by atoms with Crippen LogP contribution in [-0.4, -0.2) is 14.5 Å². The minimum absolute atomic E-state index is 0.149. The molecule has 0 unspecified atom stereocenters. The van der Waals surface area contributed by atoms with E-state index in [9.17, 15) is 4.79 Å². The molecule has 0 radical (unpaired) electrons. The number of nitrogen functional groups attached to an aromatic ring is 1. The molecule has 76 valence electrons. The Hall–Kier alpha value is -1.88. The first-order chi connectivity index (χ1) is 7.18. The molecule has 15 heavy (non-hydrogen) atoms. The summed E-state index contributed by atoms with van der Waals surface area (Å²) in [4.78, 5) is 19.4. The first-order valence-corrected chi connectivity index (χ1v) is 4.51. The lowest BCUT2D eigenvalue weighted by molar-refractivity contribution is 0.889. The maximum Gasteiger partial charge on any atom is 0.280 e. The highest BCUT2D eigenvalue weighted by molar-refractivity contribution is 6.30. The SMILES string of the molecule is Nc1cccn(-c2ncc(Cl)cn2)c1=O. The minimum atomic E-state index is -0.347.